The third-order valence-corrected chi connectivity index (χ3v) is 3.06. The van der Waals surface area contributed by atoms with Crippen molar-refractivity contribution < 1.29 is 0 Å². The molecular weight excluding hydrogens is 216 g/mol. The monoisotopic (exact) mass is 234 g/mol. The zero-order chi connectivity index (χ0) is 12.4. The van der Waals surface area contributed by atoms with E-state index in [0.29, 0.717) is 0 Å². The SMILES string of the molecule is CNC(Cc1cn(C)nn1)c1cnn(C)c1C. The predicted molar refractivity (Wildman–Crippen MR) is 64.5 cm³/mol. The normalized spacial score (nSPS) is 12.9. The van der Waals surface area contributed by atoms with E-state index in [-0.39, 0.29) is 6.04 Å². The molecule has 1 unspecified atom stereocenters. The lowest BCUT2D eigenvalue weighted by Crippen LogP contribution is -2.19. The van der Waals surface area contributed by atoms with Gasteiger partial charge in [-0.1, -0.05) is 5.21 Å². The molecule has 1 atom stereocenters. The van der Waals surface area contributed by atoms with E-state index in [2.05, 4.69) is 27.7 Å². The Morgan fingerprint density at radius 1 is 1.41 bits per heavy atom. The fraction of sp³-hybridized carbons (Fsp3) is 0.545. The van der Waals surface area contributed by atoms with Gasteiger partial charge in [0, 0.05) is 44.0 Å². The largest absolute Gasteiger partial charge is 0.313 e. The first kappa shape index (κ1) is 11.8. The molecule has 2 aromatic rings. The summed E-state index contributed by atoms with van der Waals surface area (Å²) in [5, 5.41) is 15.6. The van der Waals surface area contributed by atoms with Crippen molar-refractivity contribution in [2.45, 2.75) is 19.4 Å². The highest BCUT2D eigenvalue weighted by molar-refractivity contribution is 5.22. The number of rotatable bonds is 4. The van der Waals surface area contributed by atoms with Crippen LogP contribution in [0.3, 0.4) is 0 Å². The van der Waals surface area contributed by atoms with E-state index >= 15 is 0 Å². The first-order chi connectivity index (χ1) is 8.11. The van der Waals surface area contributed by atoms with Gasteiger partial charge in [0.1, 0.15) is 0 Å². The average Bonchev–Trinajstić information content (AvgIpc) is 2.85. The number of nitrogens with one attached hydrogen (secondary N) is 1. The molecule has 0 aliphatic heterocycles. The van der Waals surface area contributed by atoms with Crippen LogP contribution in [0.1, 0.15) is 23.0 Å². The number of aryl methyl sites for hydroxylation is 2. The van der Waals surface area contributed by atoms with Crippen molar-refractivity contribution in [3.05, 3.63) is 29.3 Å². The van der Waals surface area contributed by atoms with Crippen LogP contribution >= 0.6 is 0 Å². The smallest absolute Gasteiger partial charge is 0.0845 e. The van der Waals surface area contributed by atoms with Gasteiger partial charge in [-0.05, 0) is 14.0 Å². The minimum Gasteiger partial charge on any atom is -0.313 e. The van der Waals surface area contributed by atoms with E-state index in [1.807, 2.05) is 38.2 Å². The minimum atomic E-state index is 0.223. The Morgan fingerprint density at radius 3 is 2.65 bits per heavy atom. The van der Waals surface area contributed by atoms with Gasteiger partial charge >= 0.3 is 0 Å². The van der Waals surface area contributed by atoms with Crippen molar-refractivity contribution >= 4 is 0 Å². The lowest BCUT2D eigenvalue weighted by molar-refractivity contribution is 0.578. The van der Waals surface area contributed by atoms with E-state index in [9.17, 15) is 0 Å². The molecule has 2 rings (SSSR count). The highest BCUT2D eigenvalue weighted by atomic mass is 15.4. The van der Waals surface area contributed by atoms with E-state index < -0.39 is 0 Å². The van der Waals surface area contributed by atoms with Gasteiger partial charge in [-0.3, -0.25) is 9.36 Å². The van der Waals surface area contributed by atoms with Gasteiger partial charge in [-0.25, -0.2) is 0 Å². The van der Waals surface area contributed by atoms with E-state index in [4.69, 9.17) is 0 Å². The fourth-order valence-electron chi connectivity index (χ4n) is 1.92. The van der Waals surface area contributed by atoms with Gasteiger partial charge in [0.15, 0.2) is 0 Å². The van der Waals surface area contributed by atoms with Gasteiger partial charge in [0.2, 0.25) is 0 Å². The summed E-state index contributed by atoms with van der Waals surface area (Å²) >= 11 is 0. The van der Waals surface area contributed by atoms with Gasteiger partial charge in [0.25, 0.3) is 0 Å². The van der Waals surface area contributed by atoms with Crippen LogP contribution in [0.4, 0.5) is 0 Å². The van der Waals surface area contributed by atoms with Crippen LogP contribution in [0.15, 0.2) is 12.4 Å². The highest BCUT2D eigenvalue weighted by Crippen LogP contribution is 2.19. The van der Waals surface area contributed by atoms with Crippen molar-refractivity contribution in [3.8, 4) is 0 Å². The van der Waals surface area contributed by atoms with Crippen molar-refractivity contribution in [1.29, 1.82) is 0 Å². The highest BCUT2D eigenvalue weighted by Gasteiger charge is 2.16. The maximum absolute atomic E-state index is 4.27. The summed E-state index contributed by atoms with van der Waals surface area (Å²) in [7, 11) is 5.78. The van der Waals surface area contributed by atoms with Crippen molar-refractivity contribution in [1.82, 2.24) is 30.1 Å². The Balaban J connectivity index is 2.19. The van der Waals surface area contributed by atoms with E-state index in [0.717, 1.165) is 12.1 Å². The van der Waals surface area contributed by atoms with E-state index in [1.54, 1.807) is 4.68 Å². The fourth-order valence-corrected chi connectivity index (χ4v) is 1.92. The number of likely N-dealkylation sites (N-methyl/N-ethyl adjacent to an activating group) is 1. The molecule has 0 fully saturated rings. The average molecular weight is 234 g/mol. The van der Waals surface area contributed by atoms with Gasteiger partial charge in [-0.2, -0.15) is 5.10 Å². The molecule has 6 nitrogen and oxygen atoms in total. The Bertz CT molecular complexity index is 498. The third-order valence-electron chi connectivity index (χ3n) is 3.06. The molecule has 0 saturated heterocycles. The van der Waals surface area contributed by atoms with E-state index in [1.165, 1.54) is 11.3 Å². The van der Waals surface area contributed by atoms with Crippen molar-refractivity contribution in [2.24, 2.45) is 14.1 Å². The van der Waals surface area contributed by atoms with Gasteiger partial charge in [-0.15, -0.1) is 5.10 Å². The molecule has 2 aromatic heterocycles. The number of nitrogens with zero attached hydrogens (tertiary/aromatic N) is 5. The lowest BCUT2D eigenvalue weighted by atomic mass is 10.0. The Labute approximate surface area is 101 Å². The molecule has 6 heteroatoms. The predicted octanol–water partition coefficient (Wildman–Crippen LogP) is 0.360. The van der Waals surface area contributed by atoms with Crippen LogP contribution < -0.4 is 5.32 Å². The molecule has 0 aromatic carbocycles. The minimum absolute atomic E-state index is 0.223. The second-order valence-corrected chi connectivity index (χ2v) is 4.24. The standard InChI is InChI=1S/C11H18N6/c1-8-10(6-13-17(8)4)11(12-2)5-9-7-16(3)15-14-9/h6-7,11-12H,5H2,1-4H3. The number of aromatic nitrogens is 5. The Hall–Kier alpha value is -1.69. The maximum atomic E-state index is 4.27. The first-order valence-electron chi connectivity index (χ1n) is 5.62. The number of hydrogen-bond acceptors (Lipinski definition) is 4. The Kier molecular flexibility index (Phi) is 3.23. The Morgan fingerprint density at radius 2 is 2.18 bits per heavy atom. The van der Waals surface area contributed by atoms with Crippen LogP contribution in [0.25, 0.3) is 0 Å². The summed E-state index contributed by atoms with van der Waals surface area (Å²) in [6.07, 6.45) is 4.67. The quantitative estimate of drug-likeness (QED) is 0.830. The van der Waals surface area contributed by atoms with Crippen molar-refractivity contribution in [2.75, 3.05) is 7.05 Å². The summed E-state index contributed by atoms with van der Waals surface area (Å²) in [5.41, 5.74) is 3.36. The van der Waals surface area contributed by atoms with Crippen LogP contribution in [-0.2, 0) is 20.5 Å². The van der Waals surface area contributed by atoms with Crippen LogP contribution in [0.5, 0.6) is 0 Å². The summed E-state index contributed by atoms with van der Waals surface area (Å²) in [6.45, 7) is 2.07. The molecule has 1 N–H and O–H groups in total. The topological polar surface area (TPSA) is 60.6 Å². The molecule has 0 spiro atoms. The summed E-state index contributed by atoms with van der Waals surface area (Å²) in [5.74, 6) is 0. The molecule has 0 radical (unpaired) electrons. The number of hydrogen-bond donors (Lipinski definition) is 1. The summed E-state index contributed by atoms with van der Waals surface area (Å²) in [4.78, 5) is 0. The molecule has 17 heavy (non-hydrogen) atoms. The van der Waals surface area contributed by atoms with Crippen molar-refractivity contribution in [3.63, 3.8) is 0 Å². The molecule has 0 aliphatic rings. The van der Waals surface area contributed by atoms with Crippen LogP contribution in [0, 0.1) is 6.92 Å². The zero-order valence-electron chi connectivity index (χ0n) is 10.7. The molecule has 0 amide bonds. The molecule has 0 bridgehead atoms. The maximum Gasteiger partial charge on any atom is 0.0845 e. The molecule has 92 valence electrons. The second kappa shape index (κ2) is 4.67. The first-order valence-corrected chi connectivity index (χ1v) is 5.62. The second-order valence-electron chi connectivity index (χ2n) is 4.24. The summed E-state index contributed by atoms with van der Waals surface area (Å²) < 4.78 is 3.61. The van der Waals surface area contributed by atoms with Gasteiger partial charge < -0.3 is 5.32 Å². The van der Waals surface area contributed by atoms with Crippen LogP contribution in [0.2, 0.25) is 0 Å². The van der Waals surface area contributed by atoms with Gasteiger partial charge in [0.05, 0.1) is 11.9 Å². The third kappa shape index (κ3) is 2.36. The molecule has 0 saturated carbocycles. The molecular formula is C11H18N6. The molecule has 0 aliphatic carbocycles. The molecule has 2 heterocycles. The van der Waals surface area contributed by atoms with Crippen LogP contribution in [-0.4, -0.2) is 31.8 Å². The zero-order valence-corrected chi connectivity index (χ0v) is 10.7. The lowest BCUT2D eigenvalue weighted by Gasteiger charge is -2.14. The summed E-state index contributed by atoms with van der Waals surface area (Å²) in [6, 6.07) is 0.223.